The molecule has 18 heavy (non-hydrogen) atoms. The molecular weight excluding hydrogens is 225 g/mol. The van der Waals surface area contributed by atoms with Crippen molar-refractivity contribution in [2.24, 2.45) is 0 Å². The van der Waals surface area contributed by atoms with Gasteiger partial charge in [0.05, 0.1) is 0 Å². The maximum Gasteiger partial charge on any atom is 0.123 e. The van der Waals surface area contributed by atoms with Gasteiger partial charge in [-0.25, -0.2) is 4.39 Å². The number of benzene rings is 2. The van der Waals surface area contributed by atoms with Crippen molar-refractivity contribution in [3.05, 3.63) is 70.5 Å². The molecule has 1 aliphatic heterocycles. The van der Waals surface area contributed by atoms with Gasteiger partial charge in [-0.15, -0.1) is 0 Å². The summed E-state index contributed by atoms with van der Waals surface area (Å²) in [4.78, 5) is 0. The van der Waals surface area contributed by atoms with Crippen LogP contribution in [0.4, 0.5) is 4.39 Å². The molecule has 1 nitrogen and oxygen atoms in total. The lowest BCUT2D eigenvalue weighted by Gasteiger charge is -2.27. The first-order valence-electron chi connectivity index (χ1n) is 6.29. The highest BCUT2D eigenvalue weighted by molar-refractivity contribution is 5.41. The van der Waals surface area contributed by atoms with Crippen LogP contribution in [0.2, 0.25) is 0 Å². The number of hydrogen-bond acceptors (Lipinski definition) is 1. The Balaban J connectivity index is 2.08. The normalized spacial score (nSPS) is 18.4. The third kappa shape index (κ3) is 2.04. The van der Waals surface area contributed by atoms with Crippen LogP contribution in [0.15, 0.2) is 42.5 Å². The van der Waals surface area contributed by atoms with Crippen LogP contribution >= 0.6 is 0 Å². The second-order valence-corrected chi connectivity index (χ2v) is 4.94. The van der Waals surface area contributed by atoms with Gasteiger partial charge in [-0.3, -0.25) is 0 Å². The monoisotopic (exact) mass is 241 g/mol. The minimum atomic E-state index is -0.145. The highest BCUT2D eigenvalue weighted by Crippen LogP contribution is 2.30. The van der Waals surface area contributed by atoms with E-state index in [9.17, 15) is 4.39 Å². The van der Waals surface area contributed by atoms with Crippen molar-refractivity contribution in [1.82, 2.24) is 5.32 Å². The molecule has 1 heterocycles. The first kappa shape index (κ1) is 11.4. The van der Waals surface area contributed by atoms with Gasteiger partial charge in [0.1, 0.15) is 5.82 Å². The summed E-state index contributed by atoms with van der Waals surface area (Å²) in [6, 6.07) is 13.7. The predicted octanol–water partition coefficient (Wildman–Crippen LogP) is 3.37. The van der Waals surface area contributed by atoms with Gasteiger partial charge < -0.3 is 5.32 Å². The van der Waals surface area contributed by atoms with Crippen molar-refractivity contribution in [3.63, 3.8) is 0 Å². The van der Waals surface area contributed by atoms with Crippen molar-refractivity contribution in [3.8, 4) is 0 Å². The Morgan fingerprint density at radius 2 is 2.00 bits per heavy atom. The Bertz CT molecular complexity index is 557. The van der Waals surface area contributed by atoms with E-state index in [2.05, 4.69) is 35.6 Å². The molecule has 0 aromatic heterocycles. The zero-order valence-electron chi connectivity index (χ0n) is 10.4. The van der Waals surface area contributed by atoms with E-state index < -0.39 is 0 Å². The van der Waals surface area contributed by atoms with Gasteiger partial charge in [0.25, 0.3) is 0 Å². The van der Waals surface area contributed by atoms with E-state index in [1.165, 1.54) is 11.1 Å². The Labute approximate surface area is 107 Å². The summed E-state index contributed by atoms with van der Waals surface area (Å²) in [7, 11) is 0. The summed E-state index contributed by atoms with van der Waals surface area (Å²) in [5.74, 6) is 0.109. The molecule has 0 spiro atoms. The van der Waals surface area contributed by atoms with Gasteiger partial charge in [-0.2, -0.15) is 0 Å². The molecule has 0 saturated heterocycles. The predicted molar refractivity (Wildman–Crippen MR) is 71.1 cm³/mol. The zero-order chi connectivity index (χ0) is 12.5. The number of fused-ring (bicyclic) bond motifs is 1. The summed E-state index contributed by atoms with van der Waals surface area (Å²) in [6.45, 7) is 3.72. The summed E-state index contributed by atoms with van der Waals surface area (Å²) in [6.07, 6.45) is 0. The van der Waals surface area contributed by atoms with Crippen molar-refractivity contribution < 1.29 is 4.39 Å². The molecule has 0 aliphatic carbocycles. The number of halogens is 1. The molecule has 0 bridgehead atoms. The molecule has 3 rings (SSSR count). The van der Waals surface area contributed by atoms with Gasteiger partial charge >= 0.3 is 0 Å². The maximum absolute atomic E-state index is 13.5. The second-order valence-electron chi connectivity index (χ2n) is 4.94. The number of aryl methyl sites for hydroxylation is 1. The van der Waals surface area contributed by atoms with Crippen LogP contribution in [0, 0.1) is 12.7 Å². The molecule has 0 saturated carbocycles. The topological polar surface area (TPSA) is 12.0 Å². The molecule has 0 radical (unpaired) electrons. The van der Waals surface area contributed by atoms with Crippen LogP contribution < -0.4 is 5.32 Å². The van der Waals surface area contributed by atoms with Crippen LogP contribution in [-0.4, -0.2) is 6.54 Å². The van der Waals surface area contributed by atoms with E-state index in [1.54, 1.807) is 12.1 Å². The second kappa shape index (κ2) is 4.54. The number of hydrogen-bond donors (Lipinski definition) is 1. The average molecular weight is 241 g/mol. The Kier molecular flexibility index (Phi) is 2.88. The zero-order valence-corrected chi connectivity index (χ0v) is 10.4. The largest absolute Gasteiger partial charge is 0.312 e. The lowest BCUT2D eigenvalue weighted by atomic mass is 9.85. The van der Waals surface area contributed by atoms with E-state index in [0.29, 0.717) is 0 Å². The van der Waals surface area contributed by atoms with E-state index in [0.717, 1.165) is 24.2 Å². The third-order valence-electron chi connectivity index (χ3n) is 3.56. The molecule has 1 atom stereocenters. The summed E-state index contributed by atoms with van der Waals surface area (Å²) < 4.78 is 13.5. The van der Waals surface area contributed by atoms with E-state index >= 15 is 0 Å². The number of rotatable bonds is 1. The molecule has 2 aromatic rings. The third-order valence-corrected chi connectivity index (χ3v) is 3.56. The van der Waals surface area contributed by atoms with Crippen molar-refractivity contribution >= 4 is 0 Å². The number of nitrogens with one attached hydrogen (secondary N) is 1. The molecule has 1 N–H and O–H groups in total. The van der Waals surface area contributed by atoms with Gasteiger partial charge in [0.2, 0.25) is 0 Å². The van der Waals surface area contributed by atoms with E-state index in [-0.39, 0.29) is 11.7 Å². The van der Waals surface area contributed by atoms with Gasteiger partial charge in [0.15, 0.2) is 0 Å². The lowest BCUT2D eigenvalue weighted by Crippen LogP contribution is -2.28. The van der Waals surface area contributed by atoms with Crippen molar-refractivity contribution in [1.29, 1.82) is 0 Å². The highest BCUT2D eigenvalue weighted by Gasteiger charge is 2.21. The molecule has 1 aliphatic rings. The van der Waals surface area contributed by atoms with Crippen LogP contribution in [0.5, 0.6) is 0 Å². The minimum absolute atomic E-state index is 0.145. The fourth-order valence-electron chi connectivity index (χ4n) is 2.76. The SMILES string of the molecule is Cc1cc(F)cc(C2CNCc3ccccc32)c1. The standard InChI is InChI=1S/C16H16FN/c1-11-6-13(8-14(17)7-11)16-10-18-9-12-4-2-3-5-15(12)16/h2-8,16,18H,9-10H2,1H3. The van der Waals surface area contributed by atoms with Crippen LogP contribution in [0.3, 0.4) is 0 Å². The van der Waals surface area contributed by atoms with Crippen molar-refractivity contribution in [2.75, 3.05) is 6.54 Å². The Morgan fingerprint density at radius 1 is 1.17 bits per heavy atom. The molecule has 0 amide bonds. The Hall–Kier alpha value is -1.67. The van der Waals surface area contributed by atoms with Gasteiger partial charge in [-0.1, -0.05) is 30.3 Å². The molecule has 0 fully saturated rings. The minimum Gasteiger partial charge on any atom is -0.312 e. The fraction of sp³-hybridized carbons (Fsp3) is 0.250. The van der Waals surface area contributed by atoms with Gasteiger partial charge in [0, 0.05) is 19.0 Å². The smallest absolute Gasteiger partial charge is 0.123 e. The molecule has 1 unspecified atom stereocenters. The van der Waals surface area contributed by atoms with Crippen LogP contribution in [0.25, 0.3) is 0 Å². The van der Waals surface area contributed by atoms with Gasteiger partial charge in [-0.05, 0) is 41.3 Å². The van der Waals surface area contributed by atoms with Crippen LogP contribution in [0.1, 0.15) is 28.2 Å². The maximum atomic E-state index is 13.5. The summed E-state index contributed by atoms with van der Waals surface area (Å²) in [5, 5.41) is 3.41. The summed E-state index contributed by atoms with van der Waals surface area (Å²) >= 11 is 0. The fourth-order valence-corrected chi connectivity index (χ4v) is 2.76. The molecule has 92 valence electrons. The quantitative estimate of drug-likeness (QED) is 0.807. The first-order valence-corrected chi connectivity index (χ1v) is 6.29. The molecule has 2 aromatic carbocycles. The van der Waals surface area contributed by atoms with Crippen molar-refractivity contribution in [2.45, 2.75) is 19.4 Å². The Morgan fingerprint density at radius 3 is 2.83 bits per heavy atom. The molecule has 2 heteroatoms. The molecular formula is C16H16FN. The summed E-state index contributed by atoms with van der Waals surface area (Å²) in [5.41, 5.74) is 4.68. The highest BCUT2D eigenvalue weighted by atomic mass is 19.1. The van der Waals surface area contributed by atoms with E-state index in [4.69, 9.17) is 0 Å². The average Bonchev–Trinajstić information content (AvgIpc) is 2.37. The van der Waals surface area contributed by atoms with Crippen LogP contribution in [-0.2, 0) is 6.54 Å². The lowest BCUT2D eigenvalue weighted by molar-refractivity contribution is 0.582. The van der Waals surface area contributed by atoms with E-state index in [1.807, 2.05) is 6.92 Å². The first-order chi connectivity index (χ1) is 8.74.